The van der Waals surface area contributed by atoms with Gasteiger partial charge in [0.05, 0.1) is 28.6 Å². The van der Waals surface area contributed by atoms with E-state index in [0.717, 1.165) is 53.3 Å². The number of nitrogens with one attached hydrogen (secondary N) is 2. The second kappa shape index (κ2) is 9.94. The van der Waals surface area contributed by atoms with Crippen molar-refractivity contribution in [3.8, 4) is 11.3 Å². The molecule has 2 aliphatic carbocycles. The molecular weight excluding hydrogens is 520 g/mol. The number of imide groups is 2. The van der Waals surface area contributed by atoms with Crippen LogP contribution in [0.3, 0.4) is 0 Å². The zero-order valence-electron chi connectivity index (χ0n) is 22.9. The summed E-state index contributed by atoms with van der Waals surface area (Å²) in [5.74, 6) is -0.976. The Labute approximate surface area is 237 Å². The molecule has 1 unspecified atom stereocenters. The van der Waals surface area contributed by atoms with Gasteiger partial charge in [0.2, 0.25) is 11.8 Å². The summed E-state index contributed by atoms with van der Waals surface area (Å²) in [6, 6.07) is 10.7. The number of aryl methyl sites for hydroxylation is 1. The Bertz CT molecular complexity index is 1580. The normalized spacial score (nSPS) is 23.8. The third kappa shape index (κ3) is 4.61. The number of pyridine rings is 1. The van der Waals surface area contributed by atoms with Crippen molar-refractivity contribution in [2.45, 2.75) is 69.9 Å². The van der Waals surface area contributed by atoms with Gasteiger partial charge >= 0.3 is 0 Å². The fourth-order valence-electron chi connectivity index (χ4n) is 6.20. The van der Waals surface area contributed by atoms with Crippen LogP contribution >= 0.6 is 0 Å². The number of carbonyl (C=O) groups excluding carboxylic acids is 4. The van der Waals surface area contributed by atoms with E-state index in [2.05, 4.69) is 46.6 Å². The molecule has 7 rings (SSSR count). The molecule has 4 amide bonds. The molecule has 10 heteroatoms. The summed E-state index contributed by atoms with van der Waals surface area (Å²) in [5, 5.41) is 10.7. The Balaban J connectivity index is 0.989. The van der Waals surface area contributed by atoms with Crippen molar-refractivity contribution >= 4 is 29.3 Å². The van der Waals surface area contributed by atoms with Gasteiger partial charge in [-0.1, -0.05) is 13.0 Å². The maximum absolute atomic E-state index is 13.1. The van der Waals surface area contributed by atoms with Gasteiger partial charge in [-0.25, -0.2) is 0 Å². The van der Waals surface area contributed by atoms with Crippen LogP contribution in [0.25, 0.3) is 11.3 Å². The van der Waals surface area contributed by atoms with Gasteiger partial charge in [-0.3, -0.25) is 39.1 Å². The monoisotopic (exact) mass is 552 g/mol. The summed E-state index contributed by atoms with van der Waals surface area (Å²) in [5.41, 5.74) is 5.77. The van der Waals surface area contributed by atoms with Gasteiger partial charge in [0.25, 0.3) is 11.8 Å². The lowest BCUT2D eigenvalue weighted by molar-refractivity contribution is -0.136. The third-order valence-electron chi connectivity index (χ3n) is 8.79. The molecule has 0 radical (unpaired) electrons. The molecule has 4 heterocycles. The van der Waals surface area contributed by atoms with Crippen molar-refractivity contribution in [1.82, 2.24) is 25.0 Å². The molecule has 10 nitrogen and oxygen atoms in total. The van der Waals surface area contributed by atoms with Crippen molar-refractivity contribution in [1.29, 1.82) is 0 Å². The average molecular weight is 553 g/mol. The van der Waals surface area contributed by atoms with Crippen LogP contribution in [-0.4, -0.2) is 55.9 Å². The lowest BCUT2D eigenvalue weighted by Gasteiger charge is -2.35. The van der Waals surface area contributed by atoms with E-state index in [1.807, 2.05) is 0 Å². The van der Waals surface area contributed by atoms with Crippen molar-refractivity contribution in [3.05, 3.63) is 65.1 Å². The first-order valence-corrected chi connectivity index (χ1v) is 14.5. The Morgan fingerprint density at radius 3 is 2.54 bits per heavy atom. The number of anilines is 1. The smallest absolute Gasteiger partial charge is 0.262 e. The predicted molar refractivity (Wildman–Crippen MR) is 150 cm³/mol. The van der Waals surface area contributed by atoms with Gasteiger partial charge < -0.3 is 5.32 Å². The first kappa shape index (κ1) is 25.6. The molecule has 3 aromatic rings. The minimum Gasteiger partial charge on any atom is -0.385 e. The molecular formula is C31H32N6O4. The first-order chi connectivity index (χ1) is 19.9. The van der Waals surface area contributed by atoms with Gasteiger partial charge in [0, 0.05) is 42.0 Å². The Hall–Kier alpha value is -4.34. The van der Waals surface area contributed by atoms with E-state index in [4.69, 9.17) is 10.1 Å². The molecule has 0 spiro atoms. The summed E-state index contributed by atoms with van der Waals surface area (Å²) >= 11 is 0. The van der Waals surface area contributed by atoms with E-state index in [1.165, 1.54) is 18.5 Å². The fraction of sp³-hybridized carbons (Fsp3) is 0.419. The molecule has 2 saturated carbocycles. The molecule has 0 bridgehead atoms. The van der Waals surface area contributed by atoms with Crippen molar-refractivity contribution < 1.29 is 19.2 Å². The van der Waals surface area contributed by atoms with Gasteiger partial charge in [-0.15, -0.1) is 0 Å². The quantitative estimate of drug-likeness (QED) is 0.407. The van der Waals surface area contributed by atoms with Crippen LogP contribution in [0.1, 0.15) is 89.5 Å². The largest absolute Gasteiger partial charge is 0.385 e. The molecule has 1 aromatic carbocycles. The summed E-state index contributed by atoms with van der Waals surface area (Å²) in [6.07, 6.45) is 7.73. The van der Waals surface area contributed by atoms with E-state index in [-0.39, 0.29) is 29.9 Å². The number of carbonyl (C=O) groups is 4. The number of aromatic nitrogens is 3. The van der Waals surface area contributed by atoms with Gasteiger partial charge in [-0.2, -0.15) is 5.10 Å². The van der Waals surface area contributed by atoms with Crippen LogP contribution in [0.5, 0.6) is 0 Å². The molecule has 1 atom stereocenters. The molecule has 41 heavy (non-hydrogen) atoms. The van der Waals surface area contributed by atoms with Gasteiger partial charge in [0.15, 0.2) is 0 Å². The number of rotatable bonds is 8. The minimum absolute atomic E-state index is 0.101. The number of benzene rings is 1. The van der Waals surface area contributed by atoms with Crippen LogP contribution in [0.2, 0.25) is 0 Å². The highest BCUT2D eigenvalue weighted by Gasteiger charge is 2.44. The summed E-state index contributed by atoms with van der Waals surface area (Å²) in [7, 11) is 0. The SMILES string of the molecule is CCc1cccc(-c2cn(C3CC(CNc4ccc5c(c4)C(=O)N(C4CCC(=O)NC4=O)C5=O)C3)nc2C2CC2)n1. The zero-order valence-corrected chi connectivity index (χ0v) is 22.9. The maximum Gasteiger partial charge on any atom is 0.262 e. The van der Waals surface area contributed by atoms with Crippen molar-refractivity contribution in [2.75, 3.05) is 11.9 Å². The van der Waals surface area contributed by atoms with Crippen molar-refractivity contribution in [3.63, 3.8) is 0 Å². The number of amides is 4. The minimum atomic E-state index is -0.960. The van der Waals surface area contributed by atoms with Crippen molar-refractivity contribution in [2.24, 2.45) is 5.92 Å². The number of hydrogen-bond acceptors (Lipinski definition) is 7. The highest BCUT2D eigenvalue weighted by molar-refractivity contribution is 6.23. The fourth-order valence-corrected chi connectivity index (χ4v) is 6.20. The van der Waals surface area contributed by atoms with E-state index < -0.39 is 23.8 Å². The van der Waals surface area contributed by atoms with Crippen LogP contribution < -0.4 is 10.6 Å². The average Bonchev–Trinajstić information content (AvgIpc) is 3.66. The Morgan fingerprint density at radius 1 is 0.976 bits per heavy atom. The molecule has 4 aliphatic rings. The molecule has 3 fully saturated rings. The second-order valence-electron chi connectivity index (χ2n) is 11.6. The standard InChI is InChI=1S/C31H32N6O4/c1-2-19-4-3-5-25(33-19)24-16-36(35-28(24)18-6-7-18)21-12-17(13-21)15-32-20-8-9-22-23(14-20)31(41)37(30(22)40)26-10-11-27(38)34-29(26)39/h3-5,8-9,14,16-18,21,26,32H,2,6-7,10-13,15H2,1H3,(H,34,38,39). The molecule has 2 N–H and O–H groups in total. The molecule has 210 valence electrons. The highest BCUT2D eigenvalue weighted by Crippen LogP contribution is 2.45. The molecule has 1 saturated heterocycles. The van der Waals surface area contributed by atoms with Crippen LogP contribution in [0.15, 0.2) is 42.6 Å². The number of piperidine rings is 1. The van der Waals surface area contributed by atoms with Gasteiger partial charge in [-0.05, 0) is 74.8 Å². The number of nitrogens with zero attached hydrogens (tertiary/aromatic N) is 4. The molecule has 2 aliphatic heterocycles. The van der Waals surface area contributed by atoms with E-state index in [0.29, 0.717) is 17.9 Å². The zero-order chi connectivity index (χ0) is 28.2. The summed E-state index contributed by atoms with van der Waals surface area (Å²) in [4.78, 5) is 55.7. The van der Waals surface area contributed by atoms with Crippen LogP contribution in [0, 0.1) is 5.92 Å². The Morgan fingerprint density at radius 2 is 1.78 bits per heavy atom. The van der Waals surface area contributed by atoms with E-state index in [9.17, 15) is 19.2 Å². The highest BCUT2D eigenvalue weighted by atomic mass is 16.2. The summed E-state index contributed by atoms with van der Waals surface area (Å²) in [6.45, 7) is 2.87. The van der Waals surface area contributed by atoms with E-state index >= 15 is 0 Å². The summed E-state index contributed by atoms with van der Waals surface area (Å²) < 4.78 is 2.14. The lowest BCUT2D eigenvalue weighted by atomic mass is 9.80. The number of hydrogen-bond donors (Lipinski definition) is 2. The number of fused-ring (bicyclic) bond motifs is 1. The van der Waals surface area contributed by atoms with Crippen LogP contribution in [-0.2, 0) is 16.0 Å². The van der Waals surface area contributed by atoms with Crippen LogP contribution in [0.4, 0.5) is 5.69 Å². The lowest BCUT2D eigenvalue weighted by Crippen LogP contribution is -2.54. The van der Waals surface area contributed by atoms with Gasteiger partial charge in [0.1, 0.15) is 6.04 Å². The maximum atomic E-state index is 13.1. The molecule has 2 aromatic heterocycles. The predicted octanol–water partition coefficient (Wildman–Crippen LogP) is 3.85. The second-order valence-corrected chi connectivity index (χ2v) is 11.6. The Kier molecular flexibility index (Phi) is 6.21. The third-order valence-corrected chi connectivity index (χ3v) is 8.79. The topological polar surface area (TPSA) is 126 Å². The van der Waals surface area contributed by atoms with E-state index in [1.54, 1.807) is 18.2 Å². The first-order valence-electron chi connectivity index (χ1n) is 14.5.